The molecule has 0 N–H and O–H groups in total. The molecule has 0 radical (unpaired) electrons. The third kappa shape index (κ3) is 11.1. The van der Waals surface area contributed by atoms with Crippen LogP contribution in [0.15, 0.2) is 50.7 Å². The number of ether oxygens (including phenoxy) is 3. The molecule has 0 aliphatic heterocycles. The summed E-state index contributed by atoms with van der Waals surface area (Å²) in [4.78, 5) is 12.9. The van der Waals surface area contributed by atoms with Crippen LogP contribution in [-0.4, -0.2) is 19.3 Å². The summed E-state index contributed by atoms with van der Waals surface area (Å²) in [6, 6.07) is 5.61. The van der Waals surface area contributed by atoms with E-state index in [4.69, 9.17) is 18.6 Å². The van der Waals surface area contributed by atoms with E-state index in [9.17, 15) is 4.79 Å². The Bertz CT molecular complexity index is 1060. The largest absolute Gasteiger partial charge is 0.489 e. The first-order valence-corrected chi connectivity index (χ1v) is 14.1. The van der Waals surface area contributed by atoms with Crippen molar-refractivity contribution in [3.8, 4) is 17.2 Å². The molecule has 5 heteroatoms. The Morgan fingerprint density at radius 3 is 2.30 bits per heavy atom. The van der Waals surface area contributed by atoms with E-state index in [1.165, 1.54) is 49.7 Å². The third-order valence-electron chi connectivity index (χ3n) is 6.17. The fourth-order valence-electron chi connectivity index (χ4n) is 4.12. The fraction of sp³-hybridized carbons (Fsp3) is 0.594. The Balaban J connectivity index is 2.12. The Hall–Kier alpha value is -2.69. The summed E-state index contributed by atoms with van der Waals surface area (Å²) in [7, 11) is 0. The normalized spacial score (nSPS) is 11.7. The van der Waals surface area contributed by atoms with Crippen LogP contribution in [0.25, 0.3) is 11.0 Å². The van der Waals surface area contributed by atoms with Gasteiger partial charge in [-0.1, -0.05) is 75.2 Å². The van der Waals surface area contributed by atoms with Crippen LogP contribution in [0, 0.1) is 0 Å². The number of benzene rings is 1. The summed E-state index contributed by atoms with van der Waals surface area (Å²) in [5.74, 6) is 1.10. The van der Waals surface area contributed by atoms with Crippen molar-refractivity contribution in [1.82, 2.24) is 0 Å². The van der Waals surface area contributed by atoms with Crippen molar-refractivity contribution in [2.24, 2.45) is 0 Å². The second kappa shape index (κ2) is 16.9. The average molecular weight is 513 g/mol. The number of rotatable bonds is 18. The lowest BCUT2D eigenvalue weighted by Crippen LogP contribution is -2.15. The molecule has 0 unspecified atom stereocenters. The zero-order chi connectivity index (χ0) is 27.0. The van der Waals surface area contributed by atoms with Crippen LogP contribution < -0.4 is 19.8 Å². The molecule has 0 amide bonds. The summed E-state index contributed by atoms with van der Waals surface area (Å²) in [6.07, 6.45) is 15.9. The first-order valence-electron chi connectivity index (χ1n) is 14.1. The summed E-state index contributed by atoms with van der Waals surface area (Å²) in [5.41, 5.74) is 2.44. The molecule has 2 aromatic rings. The topological polar surface area (TPSA) is 57.9 Å². The monoisotopic (exact) mass is 512 g/mol. The van der Waals surface area contributed by atoms with Gasteiger partial charge in [-0.3, -0.25) is 0 Å². The van der Waals surface area contributed by atoms with Crippen LogP contribution >= 0.6 is 0 Å². The molecule has 37 heavy (non-hydrogen) atoms. The van der Waals surface area contributed by atoms with E-state index < -0.39 is 5.63 Å². The highest BCUT2D eigenvalue weighted by atomic mass is 16.5. The number of para-hydroxylation sites is 1. The van der Waals surface area contributed by atoms with Crippen LogP contribution in [0.2, 0.25) is 0 Å². The lowest BCUT2D eigenvalue weighted by molar-refractivity contribution is 0.210. The molecule has 1 aromatic heterocycles. The molecule has 0 atom stereocenters. The van der Waals surface area contributed by atoms with Crippen LogP contribution in [0.4, 0.5) is 0 Å². The maximum Gasteiger partial charge on any atom is 0.383 e. The minimum Gasteiger partial charge on any atom is -0.489 e. The molecular weight excluding hydrogens is 464 g/mol. The van der Waals surface area contributed by atoms with Crippen molar-refractivity contribution >= 4 is 11.0 Å². The molecule has 206 valence electrons. The van der Waals surface area contributed by atoms with Crippen molar-refractivity contribution in [2.45, 2.75) is 112 Å². The summed E-state index contributed by atoms with van der Waals surface area (Å²) >= 11 is 0. The van der Waals surface area contributed by atoms with E-state index >= 15 is 0 Å². The smallest absolute Gasteiger partial charge is 0.383 e. The number of unbranched alkanes of at least 4 members (excludes halogenated alkanes) is 7. The molecule has 1 aromatic carbocycles. The Morgan fingerprint density at radius 2 is 1.62 bits per heavy atom. The average Bonchev–Trinajstić information content (AvgIpc) is 2.84. The van der Waals surface area contributed by atoms with E-state index in [1.54, 1.807) is 0 Å². The summed E-state index contributed by atoms with van der Waals surface area (Å²) < 4.78 is 23.7. The van der Waals surface area contributed by atoms with Gasteiger partial charge < -0.3 is 18.6 Å². The predicted molar refractivity (Wildman–Crippen MR) is 154 cm³/mol. The molecular formula is C32H48O5. The molecule has 0 aliphatic rings. The lowest BCUT2D eigenvalue weighted by atomic mass is 10.1. The molecule has 5 nitrogen and oxygen atoms in total. The first-order chi connectivity index (χ1) is 17.8. The van der Waals surface area contributed by atoms with Gasteiger partial charge in [-0.25, -0.2) is 4.79 Å². The Morgan fingerprint density at radius 1 is 0.919 bits per heavy atom. The third-order valence-corrected chi connectivity index (χ3v) is 6.17. The van der Waals surface area contributed by atoms with Gasteiger partial charge in [0.15, 0.2) is 17.1 Å². The van der Waals surface area contributed by atoms with Gasteiger partial charge in [0.1, 0.15) is 6.61 Å². The van der Waals surface area contributed by atoms with Crippen molar-refractivity contribution in [3.05, 3.63) is 51.9 Å². The maximum atomic E-state index is 12.9. The summed E-state index contributed by atoms with van der Waals surface area (Å²) in [5, 5.41) is 0.691. The number of allylic oxidation sites excluding steroid dienone is 3. The van der Waals surface area contributed by atoms with E-state index in [0.29, 0.717) is 35.7 Å². The predicted octanol–water partition coefficient (Wildman–Crippen LogP) is 9.17. The Kier molecular flexibility index (Phi) is 14.0. The molecule has 0 saturated heterocycles. The van der Waals surface area contributed by atoms with Crippen molar-refractivity contribution in [1.29, 1.82) is 0 Å². The van der Waals surface area contributed by atoms with Crippen LogP contribution in [0.1, 0.15) is 106 Å². The van der Waals surface area contributed by atoms with Crippen LogP contribution in [0.5, 0.6) is 17.2 Å². The van der Waals surface area contributed by atoms with E-state index in [1.807, 2.05) is 32.0 Å². The molecule has 0 saturated carbocycles. The van der Waals surface area contributed by atoms with E-state index in [2.05, 4.69) is 39.8 Å². The van der Waals surface area contributed by atoms with Crippen molar-refractivity contribution in [3.63, 3.8) is 0 Å². The van der Waals surface area contributed by atoms with Gasteiger partial charge >= 0.3 is 5.63 Å². The quantitative estimate of drug-likeness (QED) is 0.113. The number of hydrogen-bond donors (Lipinski definition) is 0. The Labute approximate surface area is 223 Å². The lowest BCUT2D eigenvalue weighted by Gasteiger charge is -2.16. The highest BCUT2D eigenvalue weighted by Crippen LogP contribution is 2.37. The van der Waals surface area contributed by atoms with Crippen LogP contribution in [0.3, 0.4) is 0 Å². The number of hydrogen-bond acceptors (Lipinski definition) is 5. The van der Waals surface area contributed by atoms with Gasteiger partial charge in [-0.05, 0) is 72.1 Å². The highest BCUT2D eigenvalue weighted by Gasteiger charge is 2.21. The SMILES string of the molecule is CCCCCCCCCCOc1c(OC(C)C)c(=O)oc2c(OC/C=C(\C)CCC=C(C)C)cccc12. The van der Waals surface area contributed by atoms with Crippen molar-refractivity contribution in [2.75, 3.05) is 13.2 Å². The first kappa shape index (κ1) is 30.5. The van der Waals surface area contributed by atoms with Gasteiger partial charge in [0.2, 0.25) is 5.75 Å². The fourth-order valence-corrected chi connectivity index (χ4v) is 4.12. The van der Waals surface area contributed by atoms with Gasteiger partial charge in [-0.15, -0.1) is 0 Å². The minimum atomic E-state index is -0.545. The standard InChI is InChI=1S/C32H48O5/c1-7-8-9-10-11-12-13-14-22-35-30-27-19-16-20-28(29(27)37-32(33)31(30)36-25(4)5)34-23-21-26(6)18-15-17-24(2)3/h16-17,19-21,25H,7-15,18,22-23H2,1-6H3/b26-21+. The highest BCUT2D eigenvalue weighted by molar-refractivity contribution is 5.89. The maximum absolute atomic E-state index is 12.9. The zero-order valence-electron chi connectivity index (χ0n) is 24.0. The molecule has 0 fully saturated rings. The van der Waals surface area contributed by atoms with Gasteiger partial charge in [-0.2, -0.15) is 0 Å². The second-order valence-electron chi connectivity index (χ2n) is 10.4. The molecule has 0 aliphatic carbocycles. The molecule has 1 heterocycles. The van der Waals surface area contributed by atoms with Gasteiger partial charge in [0.25, 0.3) is 0 Å². The second-order valence-corrected chi connectivity index (χ2v) is 10.4. The minimum absolute atomic E-state index is 0.134. The van der Waals surface area contributed by atoms with Crippen molar-refractivity contribution < 1.29 is 18.6 Å². The van der Waals surface area contributed by atoms with Crippen LogP contribution in [-0.2, 0) is 0 Å². The molecule has 2 rings (SSSR count). The summed E-state index contributed by atoms with van der Waals surface area (Å²) in [6.45, 7) is 13.3. The number of fused-ring (bicyclic) bond motifs is 1. The molecule has 0 bridgehead atoms. The zero-order valence-corrected chi connectivity index (χ0v) is 24.0. The van der Waals surface area contributed by atoms with Gasteiger partial charge in [0.05, 0.1) is 18.1 Å². The molecule has 0 spiro atoms. The van der Waals surface area contributed by atoms with Gasteiger partial charge in [0, 0.05) is 0 Å². The van der Waals surface area contributed by atoms with E-state index in [-0.39, 0.29) is 11.9 Å². The van der Waals surface area contributed by atoms with E-state index in [0.717, 1.165) is 25.7 Å².